The maximum atomic E-state index is 11.1. The quantitative estimate of drug-likeness (QED) is 0.778. The Kier molecular flexibility index (Phi) is 4.73. The summed E-state index contributed by atoms with van der Waals surface area (Å²) in [7, 11) is 0. The van der Waals surface area contributed by atoms with Crippen LogP contribution >= 0.6 is 11.6 Å². The standard InChI is InChI=1S/C17H13ClN6O/c1-11(25)20-16-7-6-14(8-15(16)18)17-21-23-24(22-17)10-13-4-2-12(9-19)3-5-13/h2-8H,10H2,1H3,(H,20,25). The monoisotopic (exact) mass is 352 g/mol. The summed E-state index contributed by atoms with van der Waals surface area (Å²) < 4.78 is 0. The largest absolute Gasteiger partial charge is 0.325 e. The normalized spacial score (nSPS) is 10.3. The number of rotatable bonds is 4. The van der Waals surface area contributed by atoms with Gasteiger partial charge in [0.15, 0.2) is 0 Å². The van der Waals surface area contributed by atoms with Crippen molar-refractivity contribution in [2.24, 2.45) is 0 Å². The highest BCUT2D eigenvalue weighted by Gasteiger charge is 2.10. The fourth-order valence-corrected chi connectivity index (χ4v) is 2.45. The third kappa shape index (κ3) is 4.00. The van der Waals surface area contributed by atoms with E-state index in [4.69, 9.17) is 16.9 Å². The lowest BCUT2D eigenvalue weighted by atomic mass is 10.1. The van der Waals surface area contributed by atoms with E-state index < -0.39 is 0 Å². The van der Waals surface area contributed by atoms with Crippen molar-refractivity contribution in [1.29, 1.82) is 5.26 Å². The third-order valence-electron chi connectivity index (χ3n) is 3.40. The summed E-state index contributed by atoms with van der Waals surface area (Å²) in [5, 5.41) is 24.3. The molecule has 8 heteroatoms. The predicted molar refractivity (Wildman–Crippen MR) is 92.8 cm³/mol. The van der Waals surface area contributed by atoms with Crippen LogP contribution in [0.5, 0.6) is 0 Å². The first kappa shape index (κ1) is 16.6. The molecule has 1 heterocycles. The van der Waals surface area contributed by atoms with Gasteiger partial charge in [0, 0.05) is 12.5 Å². The molecule has 3 aromatic rings. The molecule has 0 saturated heterocycles. The number of hydrogen-bond acceptors (Lipinski definition) is 5. The molecule has 0 atom stereocenters. The fourth-order valence-electron chi connectivity index (χ4n) is 2.22. The van der Waals surface area contributed by atoms with Crippen molar-refractivity contribution in [2.45, 2.75) is 13.5 Å². The minimum absolute atomic E-state index is 0.193. The maximum Gasteiger partial charge on any atom is 0.221 e. The molecule has 0 radical (unpaired) electrons. The van der Waals surface area contributed by atoms with Crippen molar-refractivity contribution in [3.8, 4) is 17.5 Å². The number of halogens is 1. The molecule has 3 rings (SSSR count). The smallest absolute Gasteiger partial charge is 0.221 e. The minimum Gasteiger partial charge on any atom is -0.325 e. The molecule has 1 amide bonds. The lowest BCUT2D eigenvalue weighted by Gasteiger charge is -2.05. The number of nitrogens with zero attached hydrogens (tertiary/aromatic N) is 5. The average molecular weight is 353 g/mol. The molecule has 0 spiro atoms. The van der Waals surface area contributed by atoms with Crippen molar-refractivity contribution in [3.63, 3.8) is 0 Å². The summed E-state index contributed by atoms with van der Waals surface area (Å²) >= 11 is 6.16. The molecule has 1 aromatic heterocycles. The Morgan fingerprint density at radius 3 is 2.68 bits per heavy atom. The van der Waals surface area contributed by atoms with Crippen LogP contribution < -0.4 is 5.32 Å². The molecule has 0 aliphatic heterocycles. The van der Waals surface area contributed by atoms with Gasteiger partial charge in [-0.2, -0.15) is 10.1 Å². The summed E-state index contributed by atoms with van der Waals surface area (Å²) in [6.07, 6.45) is 0. The van der Waals surface area contributed by atoms with Crippen molar-refractivity contribution >= 4 is 23.2 Å². The number of tetrazole rings is 1. The van der Waals surface area contributed by atoms with Crippen LogP contribution in [0.25, 0.3) is 11.4 Å². The van der Waals surface area contributed by atoms with Gasteiger partial charge in [0.1, 0.15) is 0 Å². The van der Waals surface area contributed by atoms with Gasteiger partial charge in [0.05, 0.1) is 28.9 Å². The highest BCUT2D eigenvalue weighted by atomic mass is 35.5. The maximum absolute atomic E-state index is 11.1. The summed E-state index contributed by atoms with van der Waals surface area (Å²) in [6.45, 7) is 1.86. The van der Waals surface area contributed by atoms with Gasteiger partial charge >= 0.3 is 0 Å². The number of amides is 1. The topological polar surface area (TPSA) is 96.5 Å². The predicted octanol–water partition coefficient (Wildman–Crippen LogP) is 2.87. The van der Waals surface area contributed by atoms with Gasteiger partial charge in [-0.05, 0) is 41.1 Å². The van der Waals surface area contributed by atoms with E-state index in [2.05, 4.69) is 26.8 Å². The second-order valence-corrected chi connectivity index (χ2v) is 5.74. The summed E-state index contributed by atoms with van der Waals surface area (Å²) in [6, 6.07) is 14.4. The van der Waals surface area contributed by atoms with E-state index in [9.17, 15) is 4.79 Å². The fraction of sp³-hybridized carbons (Fsp3) is 0.118. The molecule has 25 heavy (non-hydrogen) atoms. The van der Waals surface area contributed by atoms with E-state index in [0.29, 0.717) is 34.2 Å². The van der Waals surface area contributed by atoms with Gasteiger partial charge in [0.25, 0.3) is 0 Å². The Morgan fingerprint density at radius 2 is 2.04 bits per heavy atom. The molecule has 0 fully saturated rings. The van der Waals surface area contributed by atoms with Crippen LogP contribution in [0.4, 0.5) is 5.69 Å². The van der Waals surface area contributed by atoms with Crippen LogP contribution in [0.1, 0.15) is 18.1 Å². The first-order chi connectivity index (χ1) is 12.0. The van der Waals surface area contributed by atoms with Crippen LogP contribution in [-0.2, 0) is 11.3 Å². The number of benzene rings is 2. The lowest BCUT2D eigenvalue weighted by Crippen LogP contribution is -2.06. The SMILES string of the molecule is CC(=O)Nc1ccc(-c2nnn(Cc3ccc(C#N)cc3)n2)cc1Cl. The number of nitrogens with one attached hydrogen (secondary N) is 1. The van der Waals surface area contributed by atoms with Gasteiger partial charge in [-0.25, -0.2) is 0 Å². The molecule has 0 bridgehead atoms. The van der Waals surface area contributed by atoms with Crippen molar-refractivity contribution in [2.75, 3.05) is 5.32 Å². The first-order valence-electron chi connectivity index (χ1n) is 7.39. The van der Waals surface area contributed by atoms with E-state index in [0.717, 1.165) is 5.56 Å². The van der Waals surface area contributed by atoms with Gasteiger partial charge < -0.3 is 5.32 Å². The Labute approximate surface area is 148 Å². The van der Waals surface area contributed by atoms with Crippen LogP contribution in [0.3, 0.4) is 0 Å². The van der Waals surface area contributed by atoms with Gasteiger partial charge in [-0.3, -0.25) is 4.79 Å². The number of anilines is 1. The molecule has 0 saturated carbocycles. The summed E-state index contributed by atoms with van der Waals surface area (Å²) in [5.74, 6) is 0.242. The molecule has 0 aliphatic rings. The molecule has 7 nitrogen and oxygen atoms in total. The average Bonchev–Trinajstić information content (AvgIpc) is 3.05. The van der Waals surface area contributed by atoms with Crippen LogP contribution in [0.15, 0.2) is 42.5 Å². The second kappa shape index (κ2) is 7.11. The highest BCUT2D eigenvalue weighted by molar-refractivity contribution is 6.34. The van der Waals surface area contributed by atoms with E-state index >= 15 is 0 Å². The zero-order valence-electron chi connectivity index (χ0n) is 13.3. The van der Waals surface area contributed by atoms with Gasteiger partial charge in [-0.1, -0.05) is 23.7 Å². The van der Waals surface area contributed by atoms with E-state index in [1.54, 1.807) is 30.3 Å². The Balaban J connectivity index is 1.77. The molecule has 124 valence electrons. The molecule has 2 aromatic carbocycles. The highest BCUT2D eigenvalue weighted by Crippen LogP contribution is 2.26. The number of aromatic nitrogens is 4. The molecule has 0 unspecified atom stereocenters. The molecular weight excluding hydrogens is 340 g/mol. The lowest BCUT2D eigenvalue weighted by molar-refractivity contribution is -0.114. The summed E-state index contributed by atoms with van der Waals surface area (Å²) in [4.78, 5) is 12.6. The van der Waals surface area contributed by atoms with Gasteiger partial charge in [-0.15, -0.1) is 10.2 Å². The van der Waals surface area contributed by atoms with E-state index in [-0.39, 0.29) is 5.91 Å². The van der Waals surface area contributed by atoms with Crippen LogP contribution in [0, 0.1) is 11.3 Å². The number of hydrogen-bond donors (Lipinski definition) is 1. The van der Waals surface area contributed by atoms with Crippen molar-refractivity contribution in [1.82, 2.24) is 20.2 Å². The van der Waals surface area contributed by atoms with Crippen molar-refractivity contribution < 1.29 is 4.79 Å². The molecule has 0 aliphatic carbocycles. The molecule has 1 N–H and O–H groups in total. The van der Waals surface area contributed by atoms with Gasteiger partial charge in [0.2, 0.25) is 11.7 Å². The molecular formula is C17H13ClN6O. The van der Waals surface area contributed by atoms with Crippen LogP contribution in [-0.4, -0.2) is 26.1 Å². The second-order valence-electron chi connectivity index (χ2n) is 5.33. The number of carbonyl (C=O) groups is 1. The van der Waals surface area contributed by atoms with Crippen molar-refractivity contribution in [3.05, 3.63) is 58.6 Å². The van der Waals surface area contributed by atoms with E-state index in [1.807, 2.05) is 12.1 Å². The zero-order valence-corrected chi connectivity index (χ0v) is 14.0. The van der Waals surface area contributed by atoms with Crippen LogP contribution in [0.2, 0.25) is 5.02 Å². The zero-order chi connectivity index (χ0) is 17.8. The summed E-state index contributed by atoms with van der Waals surface area (Å²) in [5.41, 5.74) is 2.79. The Morgan fingerprint density at radius 1 is 1.28 bits per heavy atom. The Hall–Kier alpha value is -3.24. The first-order valence-corrected chi connectivity index (χ1v) is 7.77. The number of carbonyl (C=O) groups excluding carboxylic acids is 1. The minimum atomic E-state index is -0.193. The van der Waals surface area contributed by atoms with E-state index in [1.165, 1.54) is 11.7 Å². The Bertz CT molecular complexity index is 958. The number of nitriles is 1. The third-order valence-corrected chi connectivity index (χ3v) is 3.71.